The largest absolute Gasteiger partial charge is 0.495 e. The van der Waals surface area contributed by atoms with Gasteiger partial charge in [0.2, 0.25) is 17.7 Å². The molecule has 25 nitrogen and oxygen atoms in total. The Morgan fingerprint density at radius 3 is 1.41 bits per heavy atom. The number of methoxy groups -OCH3 is 3. The van der Waals surface area contributed by atoms with Gasteiger partial charge < -0.3 is 43.6 Å². The van der Waals surface area contributed by atoms with Crippen molar-refractivity contribution in [2.24, 2.45) is 11.7 Å². The number of piperazine rings is 3. The smallest absolute Gasteiger partial charge is 0.244 e. The molecule has 0 aliphatic carbocycles. The molecule has 0 atom stereocenters. The van der Waals surface area contributed by atoms with Crippen molar-refractivity contribution in [3.63, 3.8) is 0 Å². The molecule has 34 heteroatoms. The average Bonchev–Trinajstić information content (AvgIpc) is 1.67. The van der Waals surface area contributed by atoms with Crippen molar-refractivity contribution in [3.8, 4) is 17.2 Å². The zero-order chi connectivity index (χ0) is 69.7. The summed E-state index contributed by atoms with van der Waals surface area (Å²) < 4.78 is 23.3. The highest BCUT2D eigenvalue weighted by atomic mass is 127. The van der Waals surface area contributed by atoms with E-state index in [9.17, 15) is 19.2 Å². The van der Waals surface area contributed by atoms with Crippen LogP contribution in [0.15, 0.2) is 122 Å². The highest BCUT2D eigenvalue weighted by molar-refractivity contribution is 14.1. The van der Waals surface area contributed by atoms with E-state index in [1.54, 1.807) is 78.8 Å². The van der Waals surface area contributed by atoms with Crippen molar-refractivity contribution in [3.05, 3.63) is 162 Å². The predicted molar refractivity (Wildman–Crippen MR) is 421 cm³/mol. The fraction of sp³-hybridized carbons (Fsp3) is 0.297. The maximum atomic E-state index is 12.8. The molecule has 0 bridgehead atoms. The van der Waals surface area contributed by atoms with Gasteiger partial charge >= 0.3 is 0 Å². The number of nitrogens with one attached hydrogen (secondary N) is 1. The van der Waals surface area contributed by atoms with E-state index < -0.39 is 0 Å². The lowest BCUT2D eigenvalue weighted by molar-refractivity contribution is -0.133. The van der Waals surface area contributed by atoms with Crippen molar-refractivity contribution in [2.45, 2.75) is 20.5 Å². The van der Waals surface area contributed by atoms with E-state index in [1.165, 1.54) is 3.57 Å². The van der Waals surface area contributed by atoms with Crippen LogP contribution in [0.2, 0.25) is 20.2 Å². The summed E-state index contributed by atoms with van der Waals surface area (Å²) in [5.74, 6) is 10.1. The quantitative estimate of drug-likeness (QED) is 0.0256. The molecule has 5 N–H and O–H groups in total. The summed E-state index contributed by atoms with van der Waals surface area (Å²) in [4.78, 5) is 75.9. The number of hydrogen-bond acceptors (Lipinski definition) is 19. The summed E-state index contributed by atoms with van der Waals surface area (Å²) in [6.07, 6.45) is 12.9. The number of hydrogen-bond donors (Lipinski definition) is 3. The van der Waals surface area contributed by atoms with Gasteiger partial charge in [0.05, 0.1) is 70.5 Å². The Balaban J connectivity index is 0.000000180. The Labute approximate surface area is 645 Å². The second kappa shape index (κ2) is 39.2. The standard InChI is InChI=1S/2C19H19ClIN5O2.C13H16Cl2N2O2.C6H3ClINO.C6H4IN3.CH4.H4N2/c1-28-17-10-13(2-3-15(17)20)24-6-8-25(9-7-24)18(27)12-26-11-14-16(21)4-5-22-19(14)23-26;1-28-17-10-13(2-3-15(17)20)24-6-8-25(9-7-24)18(27)12-26-19-14(11-23-26)16(21)4-5-22-19;1-19-12-8-10(2-3-11(12)15)16-4-6-17(7-5-16)13(18)9-14;7-6-4(3-10)5(8)1-2-9-6;7-5-1-2-8-6-4(5)3-9-10-6;;1-2/h2*2-5,10-11H,6-9,12H2,1H3;2-3,8H,4-7,9H2,1H3;1-3H;1-3H,(H,8,9,10);1H4;1-2H2. The number of aromatic amines is 1. The maximum Gasteiger partial charge on any atom is 0.244 e. The van der Waals surface area contributed by atoms with Gasteiger partial charge in [-0.2, -0.15) is 15.3 Å². The summed E-state index contributed by atoms with van der Waals surface area (Å²) in [5.41, 5.74) is 5.88. The first-order valence-corrected chi connectivity index (χ1v) is 35.9. The highest BCUT2D eigenvalue weighted by Gasteiger charge is 2.26. The number of alkyl halides is 1. The number of nitrogens with zero attached hydrogens (tertiary/aromatic N) is 15. The van der Waals surface area contributed by atoms with E-state index in [2.05, 4.69) is 134 Å². The van der Waals surface area contributed by atoms with Crippen LogP contribution in [0.25, 0.3) is 33.1 Å². The van der Waals surface area contributed by atoms with Crippen molar-refractivity contribution >= 4 is 223 Å². The van der Waals surface area contributed by atoms with Crippen LogP contribution in [0, 0.1) is 14.3 Å². The summed E-state index contributed by atoms with van der Waals surface area (Å²) >= 11 is 38.2. The molecule has 3 aliphatic heterocycles. The monoisotopic (exact) mass is 1880 g/mol. The molecule has 0 spiro atoms. The molecule has 98 heavy (non-hydrogen) atoms. The number of H-pyrrole nitrogens is 1. The number of aldehydes is 1. The molecule has 0 unspecified atom stereocenters. The van der Waals surface area contributed by atoms with E-state index in [0.717, 1.165) is 94.5 Å². The zero-order valence-electron chi connectivity index (χ0n) is 52.4. The normalized spacial score (nSPS) is 13.4. The van der Waals surface area contributed by atoms with E-state index in [-0.39, 0.29) is 49.3 Å². The molecule has 13 rings (SSSR count). The first kappa shape index (κ1) is 79.2. The van der Waals surface area contributed by atoms with Gasteiger partial charge in [0.15, 0.2) is 23.2 Å². The third kappa shape index (κ3) is 21.0. The van der Waals surface area contributed by atoms with Gasteiger partial charge in [-0.05, 0) is 151 Å². The summed E-state index contributed by atoms with van der Waals surface area (Å²) in [7, 11) is 4.81. The summed E-state index contributed by atoms with van der Waals surface area (Å²) in [5, 5.41) is 20.5. The Kier molecular flexibility index (Phi) is 31.6. The number of ether oxygens (including phenoxy) is 3. The van der Waals surface area contributed by atoms with Gasteiger partial charge in [-0.1, -0.05) is 53.8 Å². The Morgan fingerprint density at radius 2 is 0.969 bits per heavy atom. The third-order valence-electron chi connectivity index (χ3n) is 15.3. The lowest BCUT2D eigenvalue weighted by Gasteiger charge is -2.36. The number of nitrogens with two attached hydrogens (primary N) is 2. The van der Waals surface area contributed by atoms with Crippen molar-refractivity contribution in [1.29, 1.82) is 0 Å². The van der Waals surface area contributed by atoms with E-state index in [1.807, 2.05) is 111 Å². The van der Waals surface area contributed by atoms with Crippen molar-refractivity contribution < 1.29 is 33.4 Å². The number of benzene rings is 3. The molecule has 3 saturated heterocycles. The summed E-state index contributed by atoms with van der Waals surface area (Å²) in [6, 6.07) is 24.8. The third-order valence-corrected chi connectivity index (χ3v) is 20.5. The molecule has 7 aromatic heterocycles. The van der Waals surface area contributed by atoms with Gasteiger partial charge in [0.1, 0.15) is 41.4 Å². The lowest BCUT2D eigenvalue weighted by atomic mass is 10.2. The molecule has 10 aromatic rings. The molecule has 0 saturated carbocycles. The van der Waals surface area contributed by atoms with E-state index in [4.69, 9.17) is 72.2 Å². The van der Waals surface area contributed by atoms with Gasteiger partial charge in [0.25, 0.3) is 0 Å². The predicted octanol–water partition coefficient (Wildman–Crippen LogP) is 11.5. The molecule has 3 fully saturated rings. The van der Waals surface area contributed by atoms with Crippen LogP contribution >= 0.6 is 148 Å². The minimum absolute atomic E-state index is 0. The number of pyridine rings is 4. The number of carbonyl (C=O) groups excluding carboxylic acids is 4. The Morgan fingerprint density at radius 1 is 0.541 bits per heavy atom. The van der Waals surface area contributed by atoms with E-state index >= 15 is 0 Å². The molecular weight excluding hydrogens is 1820 g/mol. The molecule has 520 valence electrons. The SMILES string of the molecule is C.COc1cc(N2CCN(C(=O)CCl)CC2)ccc1Cl.COc1cc(N2CCN(C(=O)Cn3cc4c(I)ccnc4n3)CC2)ccc1Cl.COc1cc(N2CCN(C(=O)Cn3ncc4c(I)ccnc43)CC2)ccc1Cl.Ic1ccnc2[nH]ncc12.NN.O=Cc1c(I)ccnc1Cl. The first-order chi connectivity index (χ1) is 46.9. The van der Waals surface area contributed by atoms with Gasteiger partial charge in [-0.25, -0.2) is 24.6 Å². The minimum atomic E-state index is -0.00463. The second-order valence-corrected chi connectivity index (χ2v) is 27.4. The molecule has 3 aliphatic rings. The number of amides is 3. The van der Waals surface area contributed by atoms with Crippen LogP contribution in [0.1, 0.15) is 17.8 Å². The fourth-order valence-electron chi connectivity index (χ4n) is 10.2. The number of carbonyl (C=O) groups is 4. The number of aromatic nitrogens is 10. The van der Waals surface area contributed by atoms with Crippen LogP contribution in [-0.4, -0.2) is 194 Å². The molecule has 3 aromatic carbocycles. The molecule has 3 amide bonds. The van der Waals surface area contributed by atoms with Crippen LogP contribution in [0.5, 0.6) is 17.2 Å². The Hall–Kier alpha value is -6.16. The van der Waals surface area contributed by atoms with Crippen LogP contribution in [0.3, 0.4) is 0 Å². The number of hydrazine groups is 1. The average molecular weight is 1890 g/mol. The zero-order valence-corrected chi connectivity index (χ0v) is 64.8. The molecule has 10 heterocycles. The lowest BCUT2D eigenvalue weighted by Crippen LogP contribution is -2.49. The Bertz CT molecular complexity index is 4270. The van der Waals surface area contributed by atoms with Gasteiger partial charge in [-0.3, -0.25) is 40.6 Å². The van der Waals surface area contributed by atoms with Crippen LogP contribution in [-0.2, 0) is 27.5 Å². The van der Waals surface area contributed by atoms with Crippen LogP contribution in [0.4, 0.5) is 17.1 Å². The number of anilines is 3. The van der Waals surface area contributed by atoms with E-state index in [0.29, 0.717) is 89.1 Å². The number of fused-ring (bicyclic) bond motifs is 3. The number of halogens is 9. The topological polar surface area (TPSA) is 283 Å². The summed E-state index contributed by atoms with van der Waals surface area (Å²) in [6.45, 7) is 9.07. The number of rotatable bonds is 12. The highest BCUT2D eigenvalue weighted by Crippen LogP contribution is 2.33. The van der Waals surface area contributed by atoms with Gasteiger partial charge in [0, 0.05) is 159 Å². The maximum absolute atomic E-state index is 12.8. The van der Waals surface area contributed by atoms with Crippen LogP contribution < -0.4 is 40.6 Å². The first-order valence-electron chi connectivity index (χ1n) is 29.5. The second-order valence-electron chi connectivity index (χ2n) is 20.9. The fourth-order valence-corrected chi connectivity index (χ4v) is 13.5. The molecule has 0 radical (unpaired) electrons. The van der Waals surface area contributed by atoms with Crippen molar-refractivity contribution in [1.82, 2.24) is 64.4 Å². The van der Waals surface area contributed by atoms with Crippen molar-refractivity contribution in [2.75, 3.05) is 120 Å². The minimum Gasteiger partial charge on any atom is -0.495 e. The van der Waals surface area contributed by atoms with Gasteiger partial charge in [-0.15, -0.1) is 11.6 Å². The molecular formula is C64H69Cl5I4N18O7.